The molecule has 0 spiro atoms. The molecule has 0 bridgehead atoms. The van der Waals surface area contributed by atoms with Crippen LogP contribution >= 0.6 is 0 Å². The molecule has 0 radical (unpaired) electrons. The Balaban J connectivity index is 1.33. The van der Waals surface area contributed by atoms with Crippen LogP contribution < -0.4 is 10.2 Å². The first-order valence-electron chi connectivity index (χ1n) is 12.6. The number of nitrogens with zero attached hydrogens (tertiary/aromatic N) is 4. The molecule has 0 saturated carbocycles. The minimum atomic E-state index is -3.02. The van der Waals surface area contributed by atoms with Crippen LogP contribution in [0.2, 0.25) is 0 Å². The van der Waals surface area contributed by atoms with E-state index in [2.05, 4.69) is 29.0 Å². The summed E-state index contributed by atoms with van der Waals surface area (Å²) < 4.78 is 33.1. The van der Waals surface area contributed by atoms with Gasteiger partial charge in [0.15, 0.2) is 0 Å². The van der Waals surface area contributed by atoms with Crippen LogP contribution in [-0.4, -0.2) is 46.2 Å². The number of carbonyl (C=O) groups excluding carboxylic acids is 1. The Hall–Kier alpha value is -3.98. The second-order valence-corrected chi connectivity index (χ2v) is 9.76. The molecule has 1 amide bonds. The van der Waals surface area contributed by atoms with Crippen molar-refractivity contribution >= 4 is 22.6 Å². The summed E-state index contributed by atoms with van der Waals surface area (Å²) in [6.07, 6.45) is 1.96. The molecule has 196 valence electrons. The van der Waals surface area contributed by atoms with Gasteiger partial charge in [0.05, 0.1) is 41.4 Å². The molecule has 1 fully saturated rings. The second-order valence-electron chi connectivity index (χ2n) is 9.76. The fraction of sp³-hybridized carbons (Fsp3) is 0.310. The molecule has 1 aromatic carbocycles. The number of pyridine rings is 3. The Morgan fingerprint density at radius 2 is 1.76 bits per heavy atom. The third kappa shape index (κ3) is 5.78. The highest BCUT2D eigenvalue weighted by atomic mass is 19.3. The van der Waals surface area contributed by atoms with Gasteiger partial charge in [-0.25, -0.2) is 18.7 Å². The van der Waals surface area contributed by atoms with Gasteiger partial charge in [-0.05, 0) is 56.3 Å². The van der Waals surface area contributed by atoms with Crippen LogP contribution in [0.4, 0.5) is 14.6 Å². The SMILES string of the molecule is C[C@@H]1CN(c2cccc(-c3ccc4cnc(CNC(=O)c5cccc(C(C)(F)F)c5)cc4n3)n2)C[C@H](C)O1. The van der Waals surface area contributed by atoms with Crippen molar-refractivity contribution in [3.05, 3.63) is 83.7 Å². The predicted octanol–water partition coefficient (Wildman–Crippen LogP) is 5.35. The van der Waals surface area contributed by atoms with E-state index in [0.717, 1.165) is 48.1 Å². The number of ether oxygens (including phenoxy) is 1. The van der Waals surface area contributed by atoms with Gasteiger partial charge < -0.3 is 15.0 Å². The number of anilines is 1. The van der Waals surface area contributed by atoms with Crippen LogP contribution in [0.1, 0.15) is 42.4 Å². The number of hydrogen-bond acceptors (Lipinski definition) is 6. The molecule has 5 rings (SSSR count). The van der Waals surface area contributed by atoms with E-state index in [-0.39, 0.29) is 29.9 Å². The van der Waals surface area contributed by atoms with Crippen LogP contribution in [0.25, 0.3) is 22.3 Å². The van der Waals surface area contributed by atoms with Crippen molar-refractivity contribution in [1.29, 1.82) is 0 Å². The highest BCUT2D eigenvalue weighted by molar-refractivity contribution is 5.94. The van der Waals surface area contributed by atoms with Gasteiger partial charge in [0.1, 0.15) is 5.82 Å². The number of benzene rings is 1. The number of amides is 1. The molecule has 38 heavy (non-hydrogen) atoms. The molecule has 9 heteroatoms. The molecule has 0 unspecified atom stereocenters. The van der Waals surface area contributed by atoms with Crippen LogP contribution in [-0.2, 0) is 17.2 Å². The molecule has 2 atom stereocenters. The third-order valence-corrected chi connectivity index (χ3v) is 6.43. The molecule has 1 N–H and O–H groups in total. The Bertz CT molecular complexity index is 1460. The summed E-state index contributed by atoms with van der Waals surface area (Å²) in [4.78, 5) is 28.9. The van der Waals surface area contributed by atoms with Crippen molar-refractivity contribution in [2.24, 2.45) is 0 Å². The highest BCUT2D eigenvalue weighted by Crippen LogP contribution is 2.27. The van der Waals surface area contributed by atoms with Gasteiger partial charge in [-0.3, -0.25) is 9.78 Å². The molecule has 1 saturated heterocycles. The van der Waals surface area contributed by atoms with E-state index in [1.165, 1.54) is 24.3 Å². The monoisotopic (exact) mass is 517 g/mol. The fourth-order valence-corrected chi connectivity index (χ4v) is 4.61. The first-order chi connectivity index (χ1) is 18.2. The van der Waals surface area contributed by atoms with Gasteiger partial charge in [0, 0.05) is 42.7 Å². The number of halogens is 2. The van der Waals surface area contributed by atoms with Gasteiger partial charge in [0.2, 0.25) is 0 Å². The first kappa shape index (κ1) is 25.7. The average Bonchev–Trinajstić information content (AvgIpc) is 2.90. The van der Waals surface area contributed by atoms with Crippen LogP contribution in [0.5, 0.6) is 0 Å². The van der Waals surface area contributed by atoms with Crippen molar-refractivity contribution in [1.82, 2.24) is 20.3 Å². The Labute approximate surface area is 219 Å². The van der Waals surface area contributed by atoms with Crippen LogP contribution in [0.15, 0.2) is 66.9 Å². The minimum Gasteiger partial charge on any atom is -0.372 e. The van der Waals surface area contributed by atoms with Gasteiger partial charge in [-0.1, -0.05) is 18.2 Å². The number of aromatic nitrogens is 3. The van der Waals surface area contributed by atoms with Crippen LogP contribution in [0, 0.1) is 0 Å². The summed E-state index contributed by atoms with van der Waals surface area (Å²) in [5.41, 5.74) is 2.77. The maximum atomic E-state index is 13.6. The number of rotatable bonds is 6. The number of nitrogens with one attached hydrogen (secondary N) is 1. The van der Waals surface area contributed by atoms with Crippen molar-refractivity contribution < 1.29 is 18.3 Å². The molecule has 1 aliphatic heterocycles. The first-order valence-corrected chi connectivity index (χ1v) is 12.6. The maximum Gasteiger partial charge on any atom is 0.270 e. The zero-order valence-corrected chi connectivity index (χ0v) is 21.5. The summed E-state index contributed by atoms with van der Waals surface area (Å²) in [7, 11) is 0. The molecular formula is C29H29F2N5O2. The summed E-state index contributed by atoms with van der Waals surface area (Å²) in [5.74, 6) is -2.59. The topological polar surface area (TPSA) is 80.2 Å². The normalized spacial score (nSPS) is 18.0. The lowest BCUT2D eigenvalue weighted by atomic mass is 10.1. The quantitative estimate of drug-likeness (QED) is 0.372. The summed E-state index contributed by atoms with van der Waals surface area (Å²) in [5, 5.41) is 3.61. The van der Waals surface area contributed by atoms with Crippen molar-refractivity contribution in [3.8, 4) is 11.4 Å². The van der Waals surface area contributed by atoms with E-state index < -0.39 is 11.8 Å². The highest BCUT2D eigenvalue weighted by Gasteiger charge is 2.25. The van der Waals surface area contributed by atoms with Crippen molar-refractivity contribution in [2.45, 2.75) is 45.4 Å². The second kappa shape index (κ2) is 10.4. The summed E-state index contributed by atoms with van der Waals surface area (Å²) >= 11 is 0. The maximum absolute atomic E-state index is 13.6. The molecule has 4 heterocycles. The zero-order valence-electron chi connectivity index (χ0n) is 21.5. The van der Waals surface area contributed by atoms with Gasteiger partial charge in [-0.2, -0.15) is 0 Å². The average molecular weight is 518 g/mol. The summed E-state index contributed by atoms with van der Waals surface area (Å²) in [6.45, 7) is 6.61. The lowest BCUT2D eigenvalue weighted by molar-refractivity contribution is -0.00546. The minimum absolute atomic E-state index is 0.131. The standard InChI is InChI=1S/C29H29F2N5O2/c1-18-16-36(17-19(2)38-18)27-9-5-8-24(35-27)25-11-10-21-14-32-23(13-26(21)34-25)15-33-28(37)20-6-4-7-22(12-20)29(3,30)31/h4-14,18-19H,15-17H2,1-3H3,(H,33,37)/t18-,19+. The molecule has 4 aromatic rings. The van der Waals surface area contributed by atoms with E-state index in [0.29, 0.717) is 5.69 Å². The molecule has 7 nitrogen and oxygen atoms in total. The molecule has 3 aromatic heterocycles. The Kier molecular flexibility index (Phi) is 7.03. The van der Waals surface area contributed by atoms with Crippen molar-refractivity contribution in [2.75, 3.05) is 18.0 Å². The van der Waals surface area contributed by atoms with E-state index in [1.54, 1.807) is 6.20 Å². The van der Waals surface area contributed by atoms with Crippen LogP contribution in [0.3, 0.4) is 0 Å². The molecule has 0 aliphatic carbocycles. The lowest BCUT2D eigenvalue weighted by Gasteiger charge is -2.36. The number of alkyl halides is 2. The molecule has 1 aliphatic rings. The number of carbonyl (C=O) groups is 1. The largest absolute Gasteiger partial charge is 0.372 e. The van der Waals surface area contributed by atoms with E-state index in [9.17, 15) is 13.6 Å². The number of hydrogen-bond donors (Lipinski definition) is 1. The van der Waals surface area contributed by atoms with Crippen molar-refractivity contribution in [3.63, 3.8) is 0 Å². The van der Waals surface area contributed by atoms with E-state index in [1.807, 2.05) is 36.4 Å². The summed E-state index contributed by atoms with van der Waals surface area (Å²) in [6, 6.07) is 17.0. The van der Waals surface area contributed by atoms with Gasteiger partial charge >= 0.3 is 0 Å². The Morgan fingerprint density at radius 3 is 2.53 bits per heavy atom. The van der Waals surface area contributed by atoms with E-state index in [4.69, 9.17) is 14.7 Å². The smallest absolute Gasteiger partial charge is 0.270 e. The predicted molar refractivity (Wildman–Crippen MR) is 142 cm³/mol. The van der Waals surface area contributed by atoms with E-state index >= 15 is 0 Å². The third-order valence-electron chi connectivity index (χ3n) is 6.43. The number of morpholine rings is 1. The Morgan fingerprint density at radius 1 is 1.03 bits per heavy atom. The molecular weight excluding hydrogens is 488 g/mol. The number of fused-ring (bicyclic) bond motifs is 1. The van der Waals surface area contributed by atoms with Gasteiger partial charge in [0.25, 0.3) is 11.8 Å². The van der Waals surface area contributed by atoms with Gasteiger partial charge in [-0.15, -0.1) is 0 Å². The zero-order chi connectivity index (χ0) is 26.9. The lowest BCUT2D eigenvalue weighted by Crippen LogP contribution is -2.45. The fourth-order valence-electron chi connectivity index (χ4n) is 4.61.